The summed E-state index contributed by atoms with van der Waals surface area (Å²) in [6.07, 6.45) is 1.14. The Morgan fingerprint density at radius 2 is 1.56 bits per heavy atom. The molecule has 102 valence electrons. The Morgan fingerprint density at radius 3 is 1.75 bits per heavy atom. The monoisotopic (exact) mass is 428 g/mol. The molecule has 4 N–H and O–H groups in total. The zero-order chi connectivity index (χ0) is 11.9. The summed E-state index contributed by atoms with van der Waals surface area (Å²) < 4.78 is 2.99. The van der Waals surface area contributed by atoms with Crippen LogP contribution in [0.3, 0.4) is 0 Å². The minimum atomic E-state index is 0. The fourth-order valence-electron chi connectivity index (χ4n) is 0.576. The highest BCUT2D eigenvalue weighted by Gasteiger charge is 2.00. The summed E-state index contributed by atoms with van der Waals surface area (Å²) in [7, 11) is 0. The summed E-state index contributed by atoms with van der Waals surface area (Å²) in [5, 5.41) is 21.1. The number of rotatable bonds is 8. The lowest BCUT2D eigenvalue weighted by Crippen LogP contribution is -2.21. The van der Waals surface area contributed by atoms with Crippen LogP contribution in [0.25, 0.3) is 0 Å². The van der Waals surface area contributed by atoms with Gasteiger partial charge in [-0.05, 0) is 6.42 Å². The molecule has 0 aliphatic rings. The smallest absolute Gasteiger partial charge is 0.0555 e. The third-order valence-electron chi connectivity index (χ3n) is 1.38. The fourth-order valence-corrected chi connectivity index (χ4v) is 2.44. The van der Waals surface area contributed by atoms with Crippen molar-refractivity contribution in [1.82, 2.24) is 9.66 Å². The molecule has 0 aliphatic heterocycles. The lowest BCUT2D eigenvalue weighted by atomic mass is 10.3. The molecule has 0 aromatic heterocycles. The quantitative estimate of drug-likeness (QED) is 0.268. The lowest BCUT2D eigenvalue weighted by Gasteiger charge is -2.07. The molecule has 0 heterocycles. The first-order valence-electron chi connectivity index (χ1n) is 4.67. The highest BCUT2D eigenvalue weighted by Crippen LogP contribution is 2.00. The Bertz CT molecular complexity index is 105. The third kappa shape index (κ3) is 20.7. The van der Waals surface area contributed by atoms with Crippen LogP contribution in [0, 0.1) is 0 Å². The van der Waals surface area contributed by atoms with Crippen LogP contribution in [0.15, 0.2) is 0 Å². The summed E-state index contributed by atoms with van der Waals surface area (Å²) in [6, 6.07) is 0.536. The van der Waals surface area contributed by atoms with Crippen LogP contribution in [-0.4, -0.2) is 53.2 Å². The van der Waals surface area contributed by atoms with Gasteiger partial charge in [0.25, 0.3) is 0 Å². The molecule has 0 rings (SSSR count). The molecule has 0 bridgehead atoms. The number of halogens is 3. The van der Waals surface area contributed by atoms with Gasteiger partial charge in [-0.2, -0.15) is 0 Å². The van der Waals surface area contributed by atoms with Crippen LogP contribution in [0.2, 0.25) is 0 Å². The number of alkyl halides is 2. The molecular weight excluding hydrogens is 408 g/mol. The Labute approximate surface area is 124 Å². The standard InChI is InChI=1S/C4H8Br3N.C4H11NO2.CH4/c5-2-1-4(3-6)8-7;6-3-1-5-2-4-7;/h4,8H,1-3H2;5-7H,1-4H2;1H4. The van der Waals surface area contributed by atoms with Crippen LogP contribution >= 0.6 is 48.0 Å². The van der Waals surface area contributed by atoms with E-state index in [1.54, 1.807) is 0 Å². The Hall–Kier alpha value is 1.28. The van der Waals surface area contributed by atoms with E-state index in [9.17, 15) is 0 Å². The largest absolute Gasteiger partial charge is 0.395 e. The molecule has 1 atom stereocenters. The maximum atomic E-state index is 8.15. The van der Waals surface area contributed by atoms with Crippen molar-refractivity contribution < 1.29 is 10.2 Å². The minimum absolute atomic E-state index is 0. The predicted molar refractivity (Wildman–Crippen MR) is 81.8 cm³/mol. The van der Waals surface area contributed by atoms with Gasteiger partial charge in [-0.15, -0.1) is 0 Å². The molecule has 0 aliphatic carbocycles. The number of nitrogens with one attached hydrogen (secondary N) is 2. The van der Waals surface area contributed by atoms with Gasteiger partial charge in [-0.3, -0.25) is 4.34 Å². The number of aliphatic hydroxyl groups excluding tert-OH is 2. The second kappa shape index (κ2) is 21.6. The van der Waals surface area contributed by atoms with Gasteiger partial charge < -0.3 is 15.5 Å². The van der Waals surface area contributed by atoms with Crippen LogP contribution < -0.4 is 9.66 Å². The van der Waals surface area contributed by atoms with Crippen molar-refractivity contribution in [3.8, 4) is 0 Å². The summed E-state index contributed by atoms with van der Waals surface area (Å²) in [6.45, 7) is 1.42. The minimum Gasteiger partial charge on any atom is -0.395 e. The van der Waals surface area contributed by atoms with Crippen molar-refractivity contribution in [2.75, 3.05) is 37.0 Å². The first kappa shape index (κ1) is 22.5. The summed E-state index contributed by atoms with van der Waals surface area (Å²) in [5.41, 5.74) is 0. The summed E-state index contributed by atoms with van der Waals surface area (Å²) >= 11 is 9.89. The highest BCUT2D eigenvalue weighted by atomic mass is 79.9. The van der Waals surface area contributed by atoms with Crippen molar-refractivity contribution in [1.29, 1.82) is 0 Å². The average molecular weight is 431 g/mol. The molecule has 7 heteroatoms. The van der Waals surface area contributed by atoms with Gasteiger partial charge in [-0.1, -0.05) is 39.3 Å². The van der Waals surface area contributed by atoms with E-state index in [1.807, 2.05) is 0 Å². The Balaban J connectivity index is -0.000000200. The lowest BCUT2D eigenvalue weighted by molar-refractivity contribution is 0.267. The Kier molecular flexibility index (Phi) is 30.3. The highest BCUT2D eigenvalue weighted by molar-refractivity contribution is 9.09. The Morgan fingerprint density at radius 1 is 1.06 bits per heavy atom. The maximum absolute atomic E-state index is 8.15. The second-order valence-electron chi connectivity index (χ2n) is 2.64. The molecule has 0 spiro atoms. The van der Waals surface area contributed by atoms with E-state index in [0.717, 1.165) is 17.1 Å². The van der Waals surface area contributed by atoms with Gasteiger partial charge in [0.15, 0.2) is 0 Å². The van der Waals surface area contributed by atoms with Crippen LogP contribution in [0.5, 0.6) is 0 Å². The normalized spacial score (nSPS) is 11.1. The molecule has 0 aromatic carbocycles. The van der Waals surface area contributed by atoms with Crippen molar-refractivity contribution in [3.63, 3.8) is 0 Å². The van der Waals surface area contributed by atoms with E-state index < -0.39 is 0 Å². The van der Waals surface area contributed by atoms with Gasteiger partial charge in [-0.25, -0.2) is 0 Å². The molecule has 0 radical (unpaired) electrons. The van der Waals surface area contributed by atoms with E-state index in [-0.39, 0.29) is 20.6 Å². The molecule has 1 unspecified atom stereocenters. The van der Waals surface area contributed by atoms with Gasteiger partial charge in [0.2, 0.25) is 0 Å². The van der Waals surface area contributed by atoms with Crippen molar-refractivity contribution >= 4 is 48.0 Å². The predicted octanol–water partition coefficient (Wildman–Crippen LogP) is 1.63. The topological polar surface area (TPSA) is 64.5 Å². The molecule has 0 amide bonds. The van der Waals surface area contributed by atoms with E-state index in [1.165, 1.54) is 0 Å². The van der Waals surface area contributed by atoms with Crippen molar-refractivity contribution in [2.45, 2.75) is 19.9 Å². The van der Waals surface area contributed by atoms with Gasteiger partial charge in [0.05, 0.1) is 13.2 Å². The molecule has 0 saturated carbocycles. The molecular formula is C9H23Br3N2O2. The first-order chi connectivity index (χ1) is 7.26. The van der Waals surface area contributed by atoms with E-state index in [4.69, 9.17) is 10.2 Å². The van der Waals surface area contributed by atoms with E-state index in [2.05, 4.69) is 57.7 Å². The molecule has 0 aromatic rings. The fraction of sp³-hybridized carbons (Fsp3) is 1.00. The zero-order valence-electron chi connectivity index (χ0n) is 8.56. The van der Waals surface area contributed by atoms with Crippen LogP contribution in [0.4, 0.5) is 0 Å². The average Bonchev–Trinajstić information content (AvgIpc) is 2.27. The van der Waals surface area contributed by atoms with Crippen LogP contribution in [-0.2, 0) is 0 Å². The second-order valence-corrected chi connectivity index (χ2v) is 4.53. The number of aliphatic hydroxyl groups is 2. The first-order valence-corrected chi connectivity index (χ1v) is 7.70. The summed E-state index contributed by atoms with van der Waals surface area (Å²) in [4.78, 5) is 0. The van der Waals surface area contributed by atoms with E-state index in [0.29, 0.717) is 19.1 Å². The van der Waals surface area contributed by atoms with Crippen molar-refractivity contribution in [2.24, 2.45) is 0 Å². The van der Waals surface area contributed by atoms with Gasteiger partial charge in [0, 0.05) is 45.9 Å². The van der Waals surface area contributed by atoms with Gasteiger partial charge >= 0.3 is 0 Å². The molecule has 4 nitrogen and oxygen atoms in total. The molecule has 16 heavy (non-hydrogen) atoms. The van der Waals surface area contributed by atoms with Crippen molar-refractivity contribution in [3.05, 3.63) is 0 Å². The van der Waals surface area contributed by atoms with Crippen LogP contribution in [0.1, 0.15) is 13.8 Å². The molecule has 0 saturated heterocycles. The zero-order valence-corrected chi connectivity index (χ0v) is 13.3. The number of hydrogen-bond donors (Lipinski definition) is 4. The number of hydrogen-bond acceptors (Lipinski definition) is 4. The third-order valence-corrected chi connectivity index (χ3v) is 3.26. The maximum Gasteiger partial charge on any atom is 0.0555 e. The molecule has 0 fully saturated rings. The SMILES string of the molecule is BrCCC(CBr)NBr.C.OCCNCCO. The summed E-state index contributed by atoms with van der Waals surface area (Å²) in [5.74, 6) is 0. The van der Waals surface area contributed by atoms with Gasteiger partial charge in [0.1, 0.15) is 0 Å². The van der Waals surface area contributed by atoms with E-state index >= 15 is 0 Å².